The van der Waals surface area contributed by atoms with Gasteiger partial charge in [0.15, 0.2) is 0 Å². The van der Waals surface area contributed by atoms with Crippen molar-refractivity contribution in [2.24, 2.45) is 5.92 Å². The molecule has 0 aliphatic heterocycles. The van der Waals surface area contributed by atoms with Gasteiger partial charge in [-0.25, -0.2) is 4.79 Å². The first kappa shape index (κ1) is 27.1. The molecule has 0 heterocycles. The number of alkyl carbamates (subject to hydrolysis) is 1. The summed E-state index contributed by atoms with van der Waals surface area (Å²) in [6.07, 6.45) is 0.0978. The molecule has 1 aromatic carbocycles. The Bertz CT molecular complexity index is 895. The van der Waals surface area contributed by atoms with Crippen molar-refractivity contribution in [1.82, 2.24) is 15.5 Å². The molecule has 2 N–H and O–H groups in total. The monoisotopic (exact) mass is 475 g/mol. The minimum atomic E-state index is -0.898. The molecule has 0 saturated heterocycles. The number of nitrogens with zero attached hydrogens (tertiary/aromatic N) is 1. The van der Waals surface area contributed by atoms with Crippen LogP contribution in [0.25, 0.3) is 0 Å². The Kier molecular flexibility index (Phi) is 9.46. The van der Waals surface area contributed by atoms with Gasteiger partial charge < -0.3 is 25.0 Å². The lowest BCUT2D eigenvalue weighted by molar-refractivity contribution is -0.144. The van der Waals surface area contributed by atoms with Gasteiger partial charge in [0.1, 0.15) is 18.2 Å². The van der Waals surface area contributed by atoms with E-state index in [9.17, 15) is 19.2 Å². The first-order valence-corrected chi connectivity index (χ1v) is 11.7. The van der Waals surface area contributed by atoms with Gasteiger partial charge in [-0.2, -0.15) is 0 Å². The predicted octanol–water partition coefficient (Wildman–Crippen LogP) is 2.87. The summed E-state index contributed by atoms with van der Waals surface area (Å²) in [6.45, 7) is 10.9. The topological polar surface area (TPSA) is 114 Å². The van der Waals surface area contributed by atoms with Crippen LogP contribution in [-0.4, -0.2) is 60.1 Å². The molecular weight excluding hydrogens is 438 g/mol. The number of hydrogen-bond donors (Lipinski definition) is 2. The summed E-state index contributed by atoms with van der Waals surface area (Å²) in [4.78, 5) is 52.0. The summed E-state index contributed by atoms with van der Waals surface area (Å²) in [5, 5.41) is 5.27. The molecule has 0 spiro atoms. The number of ether oxygens (including phenoxy) is 2. The number of amides is 3. The maximum atomic E-state index is 13.3. The number of carbonyl (C=O) groups is 4. The predicted molar refractivity (Wildman–Crippen MR) is 127 cm³/mol. The van der Waals surface area contributed by atoms with Gasteiger partial charge in [0.25, 0.3) is 0 Å². The smallest absolute Gasteiger partial charge is 0.408 e. The number of rotatable bonds is 10. The molecule has 1 aromatic rings. The Balaban J connectivity index is 2.23. The molecular formula is C25H37N3O6. The van der Waals surface area contributed by atoms with Gasteiger partial charge in [-0.15, -0.1) is 0 Å². The van der Waals surface area contributed by atoms with Crippen molar-refractivity contribution in [2.45, 2.75) is 72.1 Å². The van der Waals surface area contributed by atoms with E-state index in [1.807, 2.05) is 32.0 Å². The Labute approximate surface area is 201 Å². The number of nitrogens with one attached hydrogen (secondary N) is 2. The highest BCUT2D eigenvalue weighted by Gasteiger charge is 2.46. The fraction of sp³-hybridized carbons (Fsp3) is 0.600. The van der Waals surface area contributed by atoms with E-state index in [4.69, 9.17) is 9.47 Å². The fourth-order valence-corrected chi connectivity index (χ4v) is 3.66. The second-order valence-corrected chi connectivity index (χ2v) is 9.60. The number of carbonyl (C=O) groups excluding carboxylic acids is 4. The standard InChI is InChI=1S/C25H37N3O6/c1-7-33-21(30)11-12-26-23(31)22(18-10-8-9-16(2)13-18)28(19-14-17(19)3)20(29)15-27-24(32)34-25(4,5)6/h8-10,13,17,19,22H,7,11-12,14-15H2,1-6H3,(H,26,31)(H,27,32). The second kappa shape index (κ2) is 11.9. The van der Waals surface area contributed by atoms with Gasteiger partial charge in [0, 0.05) is 12.6 Å². The largest absolute Gasteiger partial charge is 0.466 e. The molecule has 1 saturated carbocycles. The quantitative estimate of drug-likeness (QED) is 0.503. The highest BCUT2D eigenvalue weighted by atomic mass is 16.6. The van der Waals surface area contributed by atoms with E-state index in [1.165, 1.54) is 0 Å². The van der Waals surface area contributed by atoms with Gasteiger partial charge >= 0.3 is 12.1 Å². The van der Waals surface area contributed by atoms with Crippen LogP contribution in [0.2, 0.25) is 0 Å². The van der Waals surface area contributed by atoms with Crippen molar-refractivity contribution in [2.75, 3.05) is 19.7 Å². The zero-order valence-corrected chi connectivity index (χ0v) is 21.0. The zero-order chi connectivity index (χ0) is 25.5. The molecule has 9 heteroatoms. The van der Waals surface area contributed by atoms with Crippen LogP contribution in [0.4, 0.5) is 4.79 Å². The second-order valence-electron chi connectivity index (χ2n) is 9.60. The van der Waals surface area contributed by atoms with E-state index in [0.29, 0.717) is 5.56 Å². The third-order valence-corrected chi connectivity index (χ3v) is 5.31. The summed E-state index contributed by atoms with van der Waals surface area (Å²) in [5.74, 6) is -0.947. The summed E-state index contributed by atoms with van der Waals surface area (Å²) < 4.78 is 10.1. The molecule has 188 valence electrons. The Hall–Kier alpha value is -3.10. The van der Waals surface area contributed by atoms with Crippen molar-refractivity contribution in [3.8, 4) is 0 Å². The third-order valence-electron chi connectivity index (χ3n) is 5.31. The van der Waals surface area contributed by atoms with Crippen molar-refractivity contribution in [3.05, 3.63) is 35.4 Å². The van der Waals surface area contributed by atoms with Crippen LogP contribution in [0.1, 0.15) is 64.6 Å². The van der Waals surface area contributed by atoms with E-state index >= 15 is 0 Å². The maximum Gasteiger partial charge on any atom is 0.408 e. The van der Waals surface area contributed by atoms with Gasteiger partial charge in [0.2, 0.25) is 11.8 Å². The Morgan fingerprint density at radius 3 is 2.41 bits per heavy atom. The van der Waals surface area contributed by atoms with Crippen molar-refractivity contribution >= 4 is 23.9 Å². The summed E-state index contributed by atoms with van der Waals surface area (Å²) >= 11 is 0. The van der Waals surface area contributed by atoms with E-state index in [-0.39, 0.29) is 49.9 Å². The number of esters is 1. The zero-order valence-electron chi connectivity index (χ0n) is 21.0. The molecule has 0 radical (unpaired) electrons. The number of hydrogen-bond acceptors (Lipinski definition) is 6. The number of benzene rings is 1. The van der Waals surface area contributed by atoms with Crippen molar-refractivity contribution < 1.29 is 28.7 Å². The molecule has 3 atom stereocenters. The van der Waals surface area contributed by atoms with Crippen molar-refractivity contribution in [1.29, 1.82) is 0 Å². The van der Waals surface area contributed by atoms with Crippen LogP contribution in [-0.2, 0) is 23.9 Å². The summed E-state index contributed by atoms with van der Waals surface area (Å²) in [7, 11) is 0. The highest BCUT2D eigenvalue weighted by molar-refractivity contribution is 5.91. The first-order valence-electron chi connectivity index (χ1n) is 11.7. The van der Waals surface area contributed by atoms with E-state index in [1.54, 1.807) is 38.7 Å². The lowest BCUT2D eigenvalue weighted by Gasteiger charge is -2.32. The Morgan fingerprint density at radius 1 is 1.18 bits per heavy atom. The molecule has 9 nitrogen and oxygen atoms in total. The molecule has 1 fully saturated rings. The normalized spacial score (nSPS) is 17.8. The highest BCUT2D eigenvalue weighted by Crippen LogP contribution is 2.40. The first-order chi connectivity index (χ1) is 15.9. The minimum Gasteiger partial charge on any atom is -0.466 e. The fourth-order valence-electron chi connectivity index (χ4n) is 3.66. The summed E-state index contributed by atoms with van der Waals surface area (Å²) in [5.41, 5.74) is 0.920. The van der Waals surface area contributed by atoms with Gasteiger partial charge in [-0.3, -0.25) is 14.4 Å². The lowest BCUT2D eigenvalue weighted by atomic mass is 10.0. The molecule has 3 amide bonds. The van der Waals surface area contributed by atoms with Crippen LogP contribution in [0.15, 0.2) is 24.3 Å². The van der Waals surface area contributed by atoms with Crippen LogP contribution in [0.5, 0.6) is 0 Å². The molecule has 1 aliphatic rings. The van der Waals surface area contributed by atoms with E-state index < -0.39 is 23.7 Å². The maximum absolute atomic E-state index is 13.3. The SMILES string of the molecule is CCOC(=O)CCNC(=O)C(c1cccc(C)c1)N(C(=O)CNC(=O)OC(C)(C)C)C1CC1C. The lowest BCUT2D eigenvalue weighted by Crippen LogP contribution is -2.49. The van der Waals surface area contributed by atoms with Crippen LogP contribution in [0.3, 0.4) is 0 Å². The molecule has 34 heavy (non-hydrogen) atoms. The Morgan fingerprint density at radius 2 is 1.85 bits per heavy atom. The van der Waals surface area contributed by atoms with E-state index in [0.717, 1.165) is 12.0 Å². The van der Waals surface area contributed by atoms with Crippen LogP contribution in [0, 0.1) is 12.8 Å². The van der Waals surface area contributed by atoms with Gasteiger partial charge in [-0.05, 0) is 52.5 Å². The molecule has 0 bridgehead atoms. The van der Waals surface area contributed by atoms with E-state index in [2.05, 4.69) is 10.6 Å². The average Bonchev–Trinajstić information content (AvgIpc) is 3.44. The number of aryl methyl sites for hydroxylation is 1. The summed E-state index contributed by atoms with van der Waals surface area (Å²) in [6, 6.07) is 6.39. The van der Waals surface area contributed by atoms with Crippen LogP contribution >= 0.6 is 0 Å². The third kappa shape index (κ3) is 8.35. The molecule has 2 rings (SSSR count). The van der Waals surface area contributed by atoms with Crippen LogP contribution < -0.4 is 10.6 Å². The molecule has 1 aliphatic carbocycles. The van der Waals surface area contributed by atoms with Gasteiger partial charge in [0.05, 0.1) is 13.0 Å². The van der Waals surface area contributed by atoms with Gasteiger partial charge in [-0.1, -0.05) is 36.8 Å². The molecule has 3 unspecified atom stereocenters. The van der Waals surface area contributed by atoms with Crippen molar-refractivity contribution in [3.63, 3.8) is 0 Å². The average molecular weight is 476 g/mol. The molecule has 0 aromatic heterocycles. The minimum absolute atomic E-state index is 0.0358.